The zero-order valence-corrected chi connectivity index (χ0v) is 12.5. The van der Waals surface area contributed by atoms with Crippen LogP contribution in [-0.2, 0) is 4.79 Å². The minimum Gasteiger partial charge on any atom is -0.337 e. The van der Waals surface area contributed by atoms with E-state index in [4.69, 9.17) is 5.73 Å². The Morgan fingerprint density at radius 3 is 2.37 bits per heavy atom. The van der Waals surface area contributed by atoms with Gasteiger partial charge in [0.1, 0.15) is 0 Å². The van der Waals surface area contributed by atoms with Crippen LogP contribution in [0.1, 0.15) is 39.0 Å². The Morgan fingerprint density at radius 2 is 1.79 bits per heavy atom. The lowest BCUT2D eigenvalue weighted by molar-refractivity contribution is -0.136. The molecule has 1 saturated heterocycles. The Balaban J connectivity index is 1.78. The van der Waals surface area contributed by atoms with Gasteiger partial charge in [-0.2, -0.15) is 0 Å². The van der Waals surface area contributed by atoms with Gasteiger partial charge in [-0.1, -0.05) is 0 Å². The maximum atomic E-state index is 12.4. The molecule has 1 saturated carbocycles. The van der Waals surface area contributed by atoms with Crippen molar-refractivity contribution in [3.05, 3.63) is 0 Å². The molecule has 0 radical (unpaired) electrons. The van der Waals surface area contributed by atoms with Crippen molar-refractivity contribution in [2.75, 3.05) is 33.2 Å². The molecule has 1 amide bonds. The third-order valence-corrected chi connectivity index (χ3v) is 4.91. The van der Waals surface area contributed by atoms with E-state index >= 15 is 0 Å². The predicted octanol–water partition coefficient (Wildman–Crippen LogP) is 1.30. The fourth-order valence-electron chi connectivity index (χ4n) is 3.55. The summed E-state index contributed by atoms with van der Waals surface area (Å²) in [5.41, 5.74) is 5.72. The fourth-order valence-corrected chi connectivity index (χ4v) is 3.55. The summed E-state index contributed by atoms with van der Waals surface area (Å²) in [6.45, 7) is 5.89. The molecule has 19 heavy (non-hydrogen) atoms. The molecule has 0 bridgehead atoms. The first-order valence-electron chi connectivity index (χ1n) is 7.78. The van der Waals surface area contributed by atoms with Crippen molar-refractivity contribution in [3.63, 3.8) is 0 Å². The smallest absolute Gasteiger partial charge is 0.223 e. The lowest BCUT2D eigenvalue weighted by Gasteiger charge is -2.39. The van der Waals surface area contributed by atoms with E-state index in [1.807, 2.05) is 0 Å². The molecule has 4 nitrogen and oxygen atoms in total. The Hall–Kier alpha value is -0.610. The molecule has 110 valence electrons. The number of nitrogens with two attached hydrogens (primary N) is 1. The topological polar surface area (TPSA) is 49.6 Å². The summed E-state index contributed by atoms with van der Waals surface area (Å²) < 4.78 is 0. The average molecular weight is 267 g/mol. The van der Waals surface area contributed by atoms with Crippen molar-refractivity contribution in [1.29, 1.82) is 0 Å². The molecule has 0 spiro atoms. The second kappa shape index (κ2) is 6.71. The number of likely N-dealkylation sites (N-methyl/N-ethyl adjacent to an activating group) is 1. The molecule has 4 heteroatoms. The molecule has 0 aromatic heterocycles. The second-order valence-corrected chi connectivity index (χ2v) is 6.52. The van der Waals surface area contributed by atoms with Crippen molar-refractivity contribution >= 4 is 5.91 Å². The first kappa shape index (κ1) is 14.8. The minimum absolute atomic E-state index is 0.367. The fraction of sp³-hybridized carbons (Fsp3) is 0.933. The third-order valence-electron chi connectivity index (χ3n) is 4.91. The number of carbonyl (C=O) groups is 1. The van der Waals surface area contributed by atoms with Crippen molar-refractivity contribution in [2.45, 2.75) is 45.1 Å². The van der Waals surface area contributed by atoms with Crippen LogP contribution in [0.2, 0.25) is 0 Å². The summed E-state index contributed by atoms with van der Waals surface area (Å²) >= 11 is 0. The summed E-state index contributed by atoms with van der Waals surface area (Å²) in [6, 6.07) is 0.367. The molecule has 0 aromatic carbocycles. The number of piperazine rings is 1. The molecule has 1 atom stereocenters. The number of hydrogen-bond acceptors (Lipinski definition) is 3. The standard InChI is InChI=1S/C15H29N3O/c1-12-11-17(2)7-8-18(12)15(19)9-13-3-5-14(10-16)6-4-13/h12-14H,3-11,16H2,1-2H3. The Kier molecular flexibility index (Phi) is 5.22. The molecule has 2 aliphatic rings. The first-order valence-corrected chi connectivity index (χ1v) is 7.78. The lowest BCUT2D eigenvalue weighted by atomic mass is 9.80. The van der Waals surface area contributed by atoms with Gasteiger partial charge in [0.2, 0.25) is 5.91 Å². The molecule has 1 heterocycles. The largest absolute Gasteiger partial charge is 0.337 e. The quantitative estimate of drug-likeness (QED) is 0.838. The second-order valence-electron chi connectivity index (χ2n) is 6.52. The highest BCUT2D eigenvalue weighted by atomic mass is 16.2. The van der Waals surface area contributed by atoms with Gasteiger partial charge >= 0.3 is 0 Å². The van der Waals surface area contributed by atoms with Crippen molar-refractivity contribution in [2.24, 2.45) is 17.6 Å². The van der Waals surface area contributed by atoms with E-state index in [9.17, 15) is 4.79 Å². The van der Waals surface area contributed by atoms with Crippen LogP contribution in [-0.4, -0.2) is 55.0 Å². The zero-order chi connectivity index (χ0) is 13.8. The zero-order valence-electron chi connectivity index (χ0n) is 12.5. The molecular formula is C15H29N3O. The normalized spacial score (nSPS) is 33.4. The van der Waals surface area contributed by atoms with Gasteiger partial charge in [0.15, 0.2) is 0 Å². The molecule has 2 rings (SSSR count). The van der Waals surface area contributed by atoms with Gasteiger partial charge in [-0.05, 0) is 58.0 Å². The molecule has 1 aliphatic heterocycles. The van der Waals surface area contributed by atoms with E-state index < -0.39 is 0 Å². The van der Waals surface area contributed by atoms with Crippen LogP contribution < -0.4 is 5.73 Å². The molecule has 1 unspecified atom stereocenters. The van der Waals surface area contributed by atoms with Crippen LogP contribution in [0, 0.1) is 11.8 Å². The van der Waals surface area contributed by atoms with E-state index in [0.717, 1.165) is 32.6 Å². The number of carbonyl (C=O) groups excluding carboxylic acids is 1. The molecule has 2 fully saturated rings. The summed E-state index contributed by atoms with van der Waals surface area (Å²) in [6.07, 6.45) is 5.57. The number of amides is 1. The van der Waals surface area contributed by atoms with E-state index in [1.54, 1.807) is 0 Å². The number of rotatable bonds is 3. The maximum Gasteiger partial charge on any atom is 0.223 e. The monoisotopic (exact) mass is 267 g/mol. The summed E-state index contributed by atoms with van der Waals surface area (Å²) in [5, 5.41) is 0. The third kappa shape index (κ3) is 3.93. The summed E-state index contributed by atoms with van der Waals surface area (Å²) in [7, 11) is 2.13. The van der Waals surface area contributed by atoms with Gasteiger partial charge in [-0.25, -0.2) is 0 Å². The highest BCUT2D eigenvalue weighted by Gasteiger charge is 2.28. The average Bonchev–Trinajstić information content (AvgIpc) is 2.39. The van der Waals surface area contributed by atoms with E-state index in [2.05, 4.69) is 23.8 Å². The van der Waals surface area contributed by atoms with Crippen molar-refractivity contribution < 1.29 is 4.79 Å². The molecule has 2 N–H and O–H groups in total. The Bertz CT molecular complexity index is 300. The van der Waals surface area contributed by atoms with Gasteiger partial charge in [0.25, 0.3) is 0 Å². The van der Waals surface area contributed by atoms with Crippen molar-refractivity contribution in [3.8, 4) is 0 Å². The summed E-state index contributed by atoms with van der Waals surface area (Å²) in [4.78, 5) is 16.8. The minimum atomic E-state index is 0.367. The molecule has 1 aliphatic carbocycles. The predicted molar refractivity (Wildman–Crippen MR) is 77.8 cm³/mol. The lowest BCUT2D eigenvalue weighted by Crippen LogP contribution is -2.53. The first-order chi connectivity index (χ1) is 9.10. The SMILES string of the molecule is CC1CN(C)CCN1C(=O)CC1CCC(CN)CC1. The molecule has 0 aromatic rings. The van der Waals surface area contributed by atoms with Gasteiger partial charge in [0, 0.05) is 32.1 Å². The van der Waals surface area contributed by atoms with Crippen molar-refractivity contribution in [1.82, 2.24) is 9.80 Å². The van der Waals surface area contributed by atoms with Crippen LogP contribution in [0.25, 0.3) is 0 Å². The Morgan fingerprint density at radius 1 is 1.16 bits per heavy atom. The highest BCUT2D eigenvalue weighted by Crippen LogP contribution is 2.30. The van der Waals surface area contributed by atoms with E-state index in [-0.39, 0.29) is 0 Å². The van der Waals surface area contributed by atoms with Crippen LogP contribution in [0.5, 0.6) is 0 Å². The van der Waals surface area contributed by atoms with Crippen LogP contribution in [0.4, 0.5) is 0 Å². The van der Waals surface area contributed by atoms with Crippen LogP contribution in [0.3, 0.4) is 0 Å². The maximum absolute atomic E-state index is 12.4. The molecular weight excluding hydrogens is 238 g/mol. The Labute approximate surface area is 117 Å². The van der Waals surface area contributed by atoms with E-state index in [1.165, 1.54) is 25.7 Å². The van der Waals surface area contributed by atoms with Crippen LogP contribution >= 0.6 is 0 Å². The number of nitrogens with zero attached hydrogens (tertiary/aromatic N) is 2. The van der Waals surface area contributed by atoms with Gasteiger partial charge in [0.05, 0.1) is 0 Å². The van der Waals surface area contributed by atoms with Gasteiger partial charge in [-0.3, -0.25) is 4.79 Å². The van der Waals surface area contributed by atoms with Gasteiger partial charge < -0.3 is 15.5 Å². The van der Waals surface area contributed by atoms with E-state index in [0.29, 0.717) is 23.8 Å². The highest BCUT2D eigenvalue weighted by molar-refractivity contribution is 5.77. The van der Waals surface area contributed by atoms with Crippen LogP contribution in [0.15, 0.2) is 0 Å². The number of hydrogen-bond donors (Lipinski definition) is 1. The summed E-state index contributed by atoms with van der Waals surface area (Å²) in [5.74, 6) is 1.67. The van der Waals surface area contributed by atoms with Gasteiger partial charge in [-0.15, -0.1) is 0 Å².